The third-order valence-electron chi connectivity index (χ3n) is 4.43. The molecule has 1 aliphatic carbocycles. The Labute approximate surface area is 111 Å². The quantitative estimate of drug-likeness (QED) is 0.574. The van der Waals surface area contributed by atoms with E-state index >= 15 is 0 Å². The van der Waals surface area contributed by atoms with Crippen molar-refractivity contribution in [2.24, 2.45) is 5.41 Å². The van der Waals surface area contributed by atoms with Gasteiger partial charge in [0.05, 0.1) is 6.17 Å². The number of hydrogen-bond donors (Lipinski definition) is 2. The molecule has 3 nitrogen and oxygen atoms in total. The summed E-state index contributed by atoms with van der Waals surface area (Å²) in [5.74, 6) is 0. The molecule has 0 amide bonds. The predicted molar refractivity (Wildman–Crippen MR) is 77.5 cm³/mol. The first-order valence-corrected chi connectivity index (χ1v) is 7.08. The topological polar surface area (TPSA) is 27.3 Å². The van der Waals surface area contributed by atoms with Gasteiger partial charge in [-0.25, -0.2) is 0 Å². The van der Waals surface area contributed by atoms with Crippen LogP contribution in [0.4, 0.5) is 0 Å². The first-order valence-electron chi connectivity index (χ1n) is 7.08. The first-order chi connectivity index (χ1) is 8.65. The number of likely N-dealkylation sites (N-methyl/N-ethyl adjacent to an activating group) is 1. The molecule has 1 heterocycles. The van der Waals surface area contributed by atoms with Gasteiger partial charge >= 0.3 is 0 Å². The van der Waals surface area contributed by atoms with Crippen molar-refractivity contribution < 1.29 is 0 Å². The van der Waals surface area contributed by atoms with Crippen LogP contribution in [0, 0.1) is 5.41 Å². The zero-order valence-corrected chi connectivity index (χ0v) is 11.8. The van der Waals surface area contributed by atoms with Crippen molar-refractivity contribution in [2.45, 2.75) is 37.9 Å². The zero-order valence-electron chi connectivity index (χ0n) is 11.8. The second-order valence-corrected chi connectivity index (χ2v) is 6.06. The van der Waals surface area contributed by atoms with E-state index in [0.29, 0.717) is 17.6 Å². The maximum Gasteiger partial charge on any atom is 0.0789 e. The molecular weight excluding hydrogens is 222 g/mol. The number of rotatable bonds is 5. The van der Waals surface area contributed by atoms with Crippen LogP contribution in [0.5, 0.6) is 0 Å². The summed E-state index contributed by atoms with van der Waals surface area (Å²) in [6, 6.07) is 0.659. The highest BCUT2D eigenvalue weighted by atomic mass is 15.2. The van der Waals surface area contributed by atoms with Gasteiger partial charge in [0, 0.05) is 12.6 Å². The van der Waals surface area contributed by atoms with E-state index < -0.39 is 0 Å². The monoisotopic (exact) mass is 249 g/mol. The Morgan fingerprint density at radius 2 is 2.28 bits per heavy atom. The van der Waals surface area contributed by atoms with Crippen LogP contribution < -0.4 is 10.6 Å². The molecule has 0 bridgehead atoms. The van der Waals surface area contributed by atoms with Gasteiger partial charge in [-0.05, 0) is 51.7 Å². The molecule has 2 aliphatic rings. The lowest BCUT2D eigenvalue weighted by atomic mass is 9.85. The Morgan fingerprint density at radius 3 is 2.89 bits per heavy atom. The van der Waals surface area contributed by atoms with Crippen LogP contribution in [0.15, 0.2) is 24.8 Å². The van der Waals surface area contributed by atoms with E-state index in [0.717, 1.165) is 0 Å². The predicted octanol–water partition coefficient (Wildman–Crippen LogP) is 1.74. The molecule has 0 aromatic rings. The Kier molecular flexibility index (Phi) is 4.60. The average molecular weight is 249 g/mol. The molecule has 1 saturated heterocycles. The summed E-state index contributed by atoms with van der Waals surface area (Å²) in [6.07, 6.45) is 11.8. The molecule has 1 aliphatic heterocycles. The van der Waals surface area contributed by atoms with Gasteiger partial charge in [0.25, 0.3) is 0 Å². The van der Waals surface area contributed by atoms with Crippen LogP contribution in [0.3, 0.4) is 0 Å². The van der Waals surface area contributed by atoms with Crippen molar-refractivity contribution in [1.29, 1.82) is 0 Å². The van der Waals surface area contributed by atoms with Crippen LogP contribution in [-0.2, 0) is 0 Å². The summed E-state index contributed by atoms with van der Waals surface area (Å²) in [7, 11) is 4.24. The first kappa shape index (κ1) is 13.8. The second-order valence-electron chi connectivity index (χ2n) is 6.06. The zero-order chi connectivity index (χ0) is 13.0. The van der Waals surface area contributed by atoms with Crippen molar-refractivity contribution in [3.8, 4) is 0 Å². The fraction of sp³-hybridized carbons (Fsp3) is 0.733. The second kappa shape index (κ2) is 6.00. The Bertz CT molecular complexity index is 303. The number of nitrogens with zero attached hydrogens (tertiary/aromatic N) is 1. The van der Waals surface area contributed by atoms with Crippen LogP contribution in [0.25, 0.3) is 0 Å². The Hall–Kier alpha value is -0.640. The molecule has 2 N–H and O–H groups in total. The van der Waals surface area contributed by atoms with Gasteiger partial charge < -0.3 is 5.32 Å². The van der Waals surface area contributed by atoms with Gasteiger partial charge in [0.1, 0.15) is 0 Å². The molecule has 3 unspecified atom stereocenters. The molecule has 0 aromatic heterocycles. The van der Waals surface area contributed by atoms with Crippen molar-refractivity contribution in [1.82, 2.24) is 15.5 Å². The normalized spacial score (nSPS) is 33.8. The minimum atomic E-state index is 0.317. The molecule has 2 rings (SSSR count). The standard InChI is InChI=1S/C15H27N3/c1-4-5-6-14(18(2)3)17-13-7-8-15(11-13)9-10-16-12-15/h4-6,13-14,16-17H,1,7-12H2,2-3H3/b6-5-. The summed E-state index contributed by atoms with van der Waals surface area (Å²) < 4.78 is 0. The van der Waals surface area contributed by atoms with E-state index in [-0.39, 0.29) is 0 Å². The van der Waals surface area contributed by atoms with Crippen LogP contribution in [-0.4, -0.2) is 44.3 Å². The van der Waals surface area contributed by atoms with Gasteiger partial charge in [0.2, 0.25) is 0 Å². The molecule has 1 saturated carbocycles. The van der Waals surface area contributed by atoms with Gasteiger partial charge in [0.15, 0.2) is 0 Å². The lowest BCUT2D eigenvalue weighted by Crippen LogP contribution is -2.45. The fourth-order valence-corrected chi connectivity index (χ4v) is 3.33. The molecule has 3 atom stereocenters. The molecule has 1 spiro atoms. The van der Waals surface area contributed by atoms with Crippen molar-refractivity contribution in [3.05, 3.63) is 24.8 Å². The number of nitrogens with one attached hydrogen (secondary N) is 2. The highest BCUT2D eigenvalue weighted by Gasteiger charge is 2.41. The highest BCUT2D eigenvalue weighted by molar-refractivity contribution is 5.04. The maximum absolute atomic E-state index is 3.76. The van der Waals surface area contributed by atoms with Crippen molar-refractivity contribution >= 4 is 0 Å². The maximum atomic E-state index is 3.76. The number of allylic oxidation sites excluding steroid dienone is 2. The molecular formula is C15H27N3. The van der Waals surface area contributed by atoms with Crippen LogP contribution in [0.2, 0.25) is 0 Å². The smallest absolute Gasteiger partial charge is 0.0789 e. The minimum absolute atomic E-state index is 0.317. The van der Waals surface area contributed by atoms with E-state index in [1.807, 2.05) is 12.2 Å². The Balaban J connectivity index is 1.88. The molecule has 3 heteroatoms. The summed E-state index contributed by atoms with van der Waals surface area (Å²) in [4.78, 5) is 2.22. The minimum Gasteiger partial charge on any atom is -0.316 e. The highest BCUT2D eigenvalue weighted by Crippen LogP contribution is 2.42. The van der Waals surface area contributed by atoms with E-state index in [1.165, 1.54) is 38.8 Å². The van der Waals surface area contributed by atoms with E-state index in [9.17, 15) is 0 Å². The van der Waals surface area contributed by atoms with Gasteiger partial charge in [-0.2, -0.15) is 0 Å². The molecule has 0 radical (unpaired) electrons. The largest absolute Gasteiger partial charge is 0.316 e. The SMILES string of the molecule is C=C/C=C\C(NC1CCC2(CCNC2)C1)N(C)C. The molecule has 102 valence electrons. The van der Waals surface area contributed by atoms with Gasteiger partial charge in [-0.1, -0.05) is 24.8 Å². The summed E-state index contributed by atoms with van der Waals surface area (Å²) in [5, 5.41) is 7.29. The fourth-order valence-electron chi connectivity index (χ4n) is 3.33. The van der Waals surface area contributed by atoms with E-state index in [4.69, 9.17) is 0 Å². The third-order valence-corrected chi connectivity index (χ3v) is 4.43. The Morgan fingerprint density at radius 1 is 1.44 bits per heavy atom. The molecule has 0 aromatic carbocycles. The lowest BCUT2D eigenvalue weighted by molar-refractivity contribution is 0.256. The van der Waals surface area contributed by atoms with Crippen LogP contribution in [0.1, 0.15) is 25.7 Å². The van der Waals surface area contributed by atoms with Crippen molar-refractivity contribution in [3.63, 3.8) is 0 Å². The molecule has 2 fully saturated rings. The average Bonchev–Trinajstić information content (AvgIpc) is 2.95. The number of hydrogen-bond acceptors (Lipinski definition) is 3. The molecule has 18 heavy (non-hydrogen) atoms. The van der Waals surface area contributed by atoms with Gasteiger partial charge in [-0.3, -0.25) is 10.2 Å². The lowest BCUT2D eigenvalue weighted by Gasteiger charge is -2.27. The van der Waals surface area contributed by atoms with Crippen LogP contribution >= 0.6 is 0 Å². The van der Waals surface area contributed by atoms with Crippen molar-refractivity contribution in [2.75, 3.05) is 27.2 Å². The summed E-state index contributed by atoms with van der Waals surface area (Å²) >= 11 is 0. The summed E-state index contributed by atoms with van der Waals surface area (Å²) in [6.45, 7) is 6.17. The summed E-state index contributed by atoms with van der Waals surface area (Å²) in [5.41, 5.74) is 0.594. The van der Waals surface area contributed by atoms with Gasteiger partial charge in [-0.15, -0.1) is 0 Å². The van der Waals surface area contributed by atoms with E-state index in [2.05, 4.69) is 42.3 Å². The third kappa shape index (κ3) is 3.22. The van der Waals surface area contributed by atoms with E-state index in [1.54, 1.807) is 0 Å².